The van der Waals surface area contributed by atoms with E-state index in [1.54, 1.807) is 0 Å². The first-order valence-corrected chi connectivity index (χ1v) is 11.7. The van der Waals surface area contributed by atoms with Crippen LogP contribution >= 0.6 is 0 Å². The maximum Gasteiger partial charge on any atom is 0.298 e. The number of nitro benzene ring substituents is 1. The van der Waals surface area contributed by atoms with Crippen molar-refractivity contribution in [1.82, 2.24) is 9.29 Å². The third-order valence-corrected chi connectivity index (χ3v) is 7.35. The van der Waals surface area contributed by atoms with Crippen molar-refractivity contribution >= 4 is 38.0 Å². The Bertz CT molecular complexity index is 1340. The lowest BCUT2D eigenvalue weighted by Crippen LogP contribution is -2.40. The minimum absolute atomic E-state index is 0.130. The van der Waals surface area contributed by atoms with Crippen LogP contribution in [-0.2, 0) is 14.8 Å². The van der Waals surface area contributed by atoms with E-state index < -0.39 is 20.6 Å². The number of hydrogen-bond donors (Lipinski definition) is 2. The minimum Gasteiger partial charge on any atom is -0.493 e. The number of rotatable bonds is 6. The monoisotopic (exact) mass is 473 g/mol. The summed E-state index contributed by atoms with van der Waals surface area (Å²) < 4.78 is 32.1. The average molecular weight is 474 g/mol. The van der Waals surface area contributed by atoms with Crippen LogP contribution in [-0.4, -0.2) is 54.0 Å². The van der Waals surface area contributed by atoms with E-state index in [2.05, 4.69) is 15.2 Å². The Hall–Kier alpha value is -3.35. The van der Waals surface area contributed by atoms with Gasteiger partial charge in [-0.25, -0.2) is 8.42 Å². The Balaban J connectivity index is 1.72. The van der Waals surface area contributed by atoms with Crippen LogP contribution in [0.25, 0.3) is 10.9 Å². The molecule has 0 atom stereocenters. The highest BCUT2D eigenvalue weighted by Crippen LogP contribution is 2.39. The van der Waals surface area contributed by atoms with Gasteiger partial charge in [-0.3, -0.25) is 10.1 Å². The molecule has 1 aliphatic heterocycles. The zero-order chi connectivity index (χ0) is 23.8. The molecule has 12 heteroatoms. The van der Waals surface area contributed by atoms with Crippen molar-refractivity contribution in [2.75, 3.05) is 26.3 Å². The predicted octanol–water partition coefficient (Wildman–Crippen LogP) is 4.34. The summed E-state index contributed by atoms with van der Waals surface area (Å²) in [6.07, 6.45) is 0. The van der Waals surface area contributed by atoms with Crippen LogP contribution in [0.5, 0.6) is 5.88 Å². The normalized spacial score (nSPS) is 15.6. The van der Waals surface area contributed by atoms with Gasteiger partial charge in [0.25, 0.3) is 5.69 Å². The summed E-state index contributed by atoms with van der Waals surface area (Å²) in [5.41, 5.74) is 1.19. The number of nitro groups is 1. The summed E-state index contributed by atoms with van der Waals surface area (Å²) in [6, 6.07) is 9.10. The quantitative estimate of drug-likeness (QED) is 0.309. The van der Waals surface area contributed by atoms with Gasteiger partial charge in [0, 0.05) is 24.5 Å². The number of azo groups is 1. The summed E-state index contributed by atoms with van der Waals surface area (Å²) >= 11 is 0. The summed E-state index contributed by atoms with van der Waals surface area (Å²) in [6.45, 7) is 4.95. The summed E-state index contributed by atoms with van der Waals surface area (Å²) in [5, 5.41) is 30.6. The molecular weight excluding hydrogens is 450 g/mol. The standard InChI is InChI=1S/C21H23N5O6S/c1-13(2)14-3-5-17-16(11-14)20(21(27)22-17)24-23-18-6-4-15(12-19(18)26(28)29)33(30,31)25-7-9-32-10-8-25/h3-6,11-13,22,27H,7-10H2,1-2H3. The molecule has 1 aromatic heterocycles. The Kier molecular flexibility index (Phi) is 6.15. The number of fused-ring (bicyclic) bond motifs is 1. The Morgan fingerprint density at radius 2 is 1.88 bits per heavy atom. The third-order valence-electron chi connectivity index (χ3n) is 5.45. The molecule has 2 heterocycles. The minimum atomic E-state index is -3.91. The van der Waals surface area contributed by atoms with Gasteiger partial charge in [0.15, 0.2) is 11.4 Å². The van der Waals surface area contributed by atoms with Crippen LogP contribution in [0.4, 0.5) is 17.1 Å². The van der Waals surface area contributed by atoms with Gasteiger partial charge in [0.1, 0.15) is 0 Å². The topological polar surface area (TPSA) is 150 Å². The van der Waals surface area contributed by atoms with Gasteiger partial charge < -0.3 is 14.8 Å². The molecular formula is C21H23N5O6S. The van der Waals surface area contributed by atoms with Gasteiger partial charge in [0.2, 0.25) is 15.9 Å². The molecule has 0 unspecified atom stereocenters. The van der Waals surface area contributed by atoms with Gasteiger partial charge >= 0.3 is 0 Å². The molecule has 0 radical (unpaired) electrons. The van der Waals surface area contributed by atoms with Crippen LogP contribution in [0.2, 0.25) is 0 Å². The second-order valence-corrected chi connectivity index (χ2v) is 9.84. The van der Waals surface area contributed by atoms with E-state index in [4.69, 9.17) is 4.74 Å². The fraction of sp³-hybridized carbons (Fsp3) is 0.333. The average Bonchev–Trinajstić information content (AvgIpc) is 3.12. The van der Waals surface area contributed by atoms with E-state index >= 15 is 0 Å². The zero-order valence-corrected chi connectivity index (χ0v) is 18.9. The number of morpholine rings is 1. The fourth-order valence-corrected chi connectivity index (χ4v) is 5.00. The van der Waals surface area contributed by atoms with Crippen molar-refractivity contribution in [3.63, 3.8) is 0 Å². The second kappa shape index (κ2) is 8.89. The number of aromatic amines is 1. The fourth-order valence-electron chi connectivity index (χ4n) is 3.58. The predicted molar refractivity (Wildman–Crippen MR) is 121 cm³/mol. The van der Waals surface area contributed by atoms with Crippen molar-refractivity contribution < 1.29 is 23.2 Å². The molecule has 2 aromatic carbocycles. The summed E-state index contributed by atoms with van der Waals surface area (Å²) in [7, 11) is -3.91. The number of benzene rings is 2. The second-order valence-electron chi connectivity index (χ2n) is 7.91. The summed E-state index contributed by atoms with van der Waals surface area (Å²) in [5.74, 6) is 0.0297. The lowest BCUT2D eigenvalue weighted by Gasteiger charge is -2.25. The molecule has 0 saturated carbocycles. The lowest BCUT2D eigenvalue weighted by molar-refractivity contribution is -0.384. The number of nitrogens with one attached hydrogen (secondary N) is 1. The first kappa shape index (κ1) is 22.8. The van der Waals surface area contributed by atoms with Crippen LogP contribution in [0.15, 0.2) is 51.5 Å². The maximum atomic E-state index is 12.9. The van der Waals surface area contributed by atoms with E-state index in [9.17, 15) is 23.6 Å². The molecule has 0 bridgehead atoms. The van der Waals surface area contributed by atoms with Gasteiger partial charge in [-0.1, -0.05) is 19.9 Å². The van der Waals surface area contributed by atoms with Gasteiger partial charge in [-0.15, -0.1) is 10.2 Å². The molecule has 2 N–H and O–H groups in total. The van der Waals surface area contributed by atoms with Crippen molar-refractivity contribution in [3.8, 4) is 5.88 Å². The Labute approximate surface area is 189 Å². The van der Waals surface area contributed by atoms with Crippen LogP contribution < -0.4 is 0 Å². The number of sulfonamides is 1. The van der Waals surface area contributed by atoms with Crippen LogP contribution in [0, 0.1) is 10.1 Å². The number of H-pyrrole nitrogens is 1. The first-order valence-electron chi connectivity index (χ1n) is 10.3. The molecule has 33 heavy (non-hydrogen) atoms. The van der Waals surface area contributed by atoms with Gasteiger partial charge in [0.05, 0.1) is 28.5 Å². The maximum absolute atomic E-state index is 12.9. The van der Waals surface area contributed by atoms with E-state index in [1.807, 2.05) is 32.0 Å². The third kappa shape index (κ3) is 4.45. The van der Waals surface area contributed by atoms with E-state index in [0.717, 1.165) is 11.6 Å². The van der Waals surface area contributed by atoms with Crippen molar-refractivity contribution in [2.24, 2.45) is 10.2 Å². The molecule has 0 spiro atoms. The number of aromatic nitrogens is 1. The van der Waals surface area contributed by atoms with E-state index in [1.165, 1.54) is 16.4 Å². The number of aromatic hydroxyl groups is 1. The first-order chi connectivity index (χ1) is 15.7. The SMILES string of the molecule is CC(C)c1ccc2[nH]c(O)c(N=Nc3ccc(S(=O)(=O)N4CCOCC4)cc3[N+](=O)[O-])c2c1. The van der Waals surface area contributed by atoms with Crippen molar-refractivity contribution in [1.29, 1.82) is 0 Å². The molecule has 1 saturated heterocycles. The molecule has 1 aliphatic rings. The highest BCUT2D eigenvalue weighted by Gasteiger charge is 2.29. The molecule has 11 nitrogen and oxygen atoms in total. The van der Waals surface area contributed by atoms with Gasteiger partial charge in [-0.2, -0.15) is 4.31 Å². The smallest absolute Gasteiger partial charge is 0.298 e. The molecule has 3 aromatic rings. The van der Waals surface area contributed by atoms with Crippen molar-refractivity contribution in [2.45, 2.75) is 24.7 Å². The highest BCUT2D eigenvalue weighted by molar-refractivity contribution is 7.89. The number of hydrogen-bond acceptors (Lipinski definition) is 8. The molecule has 1 fully saturated rings. The van der Waals surface area contributed by atoms with Crippen LogP contribution in [0.3, 0.4) is 0 Å². The van der Waals surface area contributed by atoms with E-state index in [-0.39, 0.29) is 54.4 Å². The Morgan fingerprint density at radius 1 is 1.15 bits per heavy atom. The number of nitrogens with zero attached hydrogens (tertiary/aromatic N) is 4. The van der Waals surface area contributed by atoms with Crippen LogP contribution in [0.1, 0.15) is 25.3 Å². The summed E-state index contributed by atoms with van der Waals surface area (Å²) in [4.78, 5) is 13.6. The lowest BCUT2D eigenvalue weighted by atomic mass is 10.0. The Morgan fingerprint density at radius 3 is 2.55 bits per heavy atom. The highest BCUT2D eigenvalue weighted by atomic mass is 32.2. The molecule has 0 aliphatic carbocycles. The van der Waals surface area contributed by atoms with E-state index in [0.29, 0.717) is 10.9 Å². The zero-order valence-electron chi connectivity index (χ0n) is 18.1. The van der Waals surface area contributed by atoms with Gasteiger partial charge in [-0.05, 0) is 35.7 Å². The number of ether oxygens (including phenoxy) is 1. The molecule has 0 amide bonds. The largest absolute Gasteiger partial charge is 0.493 e. The molecule has 4 rings (SSSR count). The van der Waals surface area contributed by atoms with Crippen molar-refractivity contribution in [3.05, 3.63) is 52.1 Å². The molecule has 174 valence electrons.